The summed E-state index contributed by atoms with van der Waals surface area (Å²) in [6.45, 7) is 2.36. The molecule has 0 unspecified atom stereocenters. The summed E-state index contributed by atoms with van der Waals surface area (Å²) in [6.07, 6.45) is 8.25. The van der Waals surface area contributed by atoms with Crippen LogP contribution in [0.5, 0.6) is 5.75 Å². The van der Waals surface area contributed by atoms with E-state index in [4.69, 9.17) is 21.1 Å². The molecule has 0 aromatic heterocycles. The maximum Gasteiger partial charge on any atom is 0.343 e. The number of hydrogen-bond acceptors (Lipinski definition) is 6. The molecule has 198 valence electrons. The largest absolute Gasteiger partial charge is 0.487 e. The molecular formula is C29H35ClN2O5. The van der Waals surface area contributed by atoms with Gasteiger partial charge in [-0.1, -0.05) is 35.9 Å². The fraction of sp³-hybridized carbons (Fsp3) is 0.448. The first kappa shape index (κ1) is 27.0. The first-order valence-electron chi connectivity index (χ1n) is 12.8. The third kappa shape index (κ3) is 6.28. The Morgan fingerprint density at radius 3 is 2.70 bits per heavy atom. The number of methoxy groups -OCH3 is 1. The van der Waals surface area contributed by atoms with Gasteiger partial charge in [-0.15, -0.1) is 0 Å². The summed E-state index contributed by atoms with van der Waals surface area (Å²) in [7, 11) is 2.87. The van der Waals surface area contributed by atoms with Crippen molar-refractivity contribution in [3.8, 4) is 5.75 Å². The lowest BCUT2D eigenvalue weighted by molar-refractivity contribution is -0.167. The number of amides is 1. The van der Waals surface area contributed by atoms with Crippen molar-refractivity contribution >= 4 is 29.2 Å². The first-order valence-corrected chi connectivity index (χ1v) is 13.2. The highest BCUT2D eigenvalue weighted by Gasteiger charge is 2.43. The number of allylic oxidation sites excluding steroid dienone is 1. The average molecular weight is 527 g/mol. The maximum atomic E-state index is 13.0. The Hall–Kier alpha value is -3.03. The lowest BCUT2D eigenvalue weighted by atomic mass is 9.89. The Morgan fingerprint density at radius 2 is 1.89 bits per heavy atom. The van der Waals surface area contributed by atoms with Crippen molar-refractivity contribution in [3.05, 3.63) is 70.3 Å². The van der Waals surface area contributed by atoms with Crippen LogP contribution in [0.2, 0.25) is 5.02 Å². The number of esters is 1. The van der Waals surface area contributed by atoms with E-state index in [0.29, 0.717) is 29.5 Å². The second kappa shape index (κ2) is 12.0. The number of benzene rings is 2. The number of anilines is 1. The highest BCUT2D eigenvalue weighted by atomic mass is 35.5. The van der Waals surface area contributed by atoms with E-state index < -0.39 is 18.0 Å². The Kier molecular flexibility index (Phi) is 8.77. The summed E-state index contributed by atoms with van der Waals surface area (Å²) in [5, 5.41) is 12.3. The molecule has 0 aliphatic carbocycles. The van der Waals surface area contributed by atoms with E-state index in [0.717, 1.165) is 56.4 Å². The molecule has 2 heterocycles. The monoisotopic (exact) mass is 526 g/mol. The summed E-state index contributed by atoms with van der Waals surface area (Å²) in [5.41, 5.74) is 1.25. The van der Waals surface area contributed by atoms with Gasteiger partial charge in [-0.05, 0) is 73.1 Å². The molecule has 4 rings (SSSR count). The van der Waals surface area contributed by atoms with Crippen LogP contribution >= 0.6 is 11.6 Å². The molecule has 2 aliphatic heterocycles. The van der Waals surface area contributed by atoms with Crippen LogP contribution in [0.1, 0.15) is 48.8 Å². The summed E-state index contributed by atoms with van der Waals surface area (Å²) in [4.78, 5) is 29.6. The molecule has 37 heavy (non-hydrogen) atoms. The lowest BCUT2D eigenvalue weighted by Gasteiger charge is -2.31. The molecule has 2 aromatic rings. The second-order valence-corrected chi connectivity index (χ2v) is 10.2. The van der Waals surface area contributed by atoms with Crippen LogP contribution in [-0.2, 0) is 33.0 Å². The molecule has 8 heteroatoms. The number of hydrogen-bond donors (Lipinski definition) is 1. The van der Waals surface area contributed by atoms with E-state index in [2.05, 4.69) is 11.0 Å². The van der Waals surface area contributed by atoms with E-state index in [1.807, 2.05) is 24.3 Å². The maximum absolute atomic E-state index is 13.0. The SMILES string of the molecule is COC(=O)[C@]1(O)CC(=O)N(C)C/C=C/CCCN2CCCCc3cc(Cl)ccc3COc3ccc1cc32. The predicted molar refractivity (Wildman–Crippen MR) is 144 cm³/mol. The van der Waals surface area contributed by atoms with Gasteiger partial charge in [-0.3, -0.25) is 4.79 Å². The van der Waals surface area contributed by atoms with Gasteiger partial charge in [0.05, 0.1) is 19.2 Å². The van der Waals surface area contributed by atoms with Crippen molar-refractivity contribution in [1.29, 1.82) is 0 Å². The van der Waals surface area contributed by atoms with Gasteiger partial charge in [0, 0.05) is 31.7 Å². The van der Waals surface area contributed by atoms with E-state index >= 15 is 0 Å². The summed E-state index contributed by atoms with van der Waals surface area (Å²) < 4.78 is 11.3. The quantitative estimate of drug-likeness (QED) is 0.431. The number of carbonyl (C=O) groups is 2. The summed E-state index contributed by atoms with van der Waals surface area (Å²) in [6, 6.07) is 11.1. The second-order valence-electron chi connectivity index (χ2n) is 9.74. The van der Waals surface area contributed by atoms with Crippen LogP contribution in [-0.4, -0.2) is 55.7 Å². The van der Waals surface area contributed by atoms with Crippen LogP contribution in [0.25, 0.3) is 0 Å². The average Bonchev–Trinajstić information content (AvgIpc) is 2.92. The number of rotatable bonds is 1. The first-order chi connectivity index (χ1) is 17.8. The molecule has 2 aromatic carbocycles. The Labute approximate surface area is 223 Å². The van der Waals surface area contributed by atoms with E-state index in [1.165, 1.54) is 17.6 Å². The summed E-state index contributed by atoms with van der Waals surface area (Å²) >= 11 is 6.27. The number of ether oxygens (including phenoxy) is 2. The number of nitrogens with zero attached hydrogens (tertiary/aromatic N) is 2. The standard InChI is InChI=1S/C29H35ClN2O5/c1-31-14-6-3-4-7-15-32-16-8-5-9-21-17-24(30)12-10-22(21)20-37-26-13-11-23(18-25(26)32)29(35,19-27(31)33)28(34)36-2/h3,6,10-13,17-18,35H,4-5,7-9,14-16,19-20H2,1-2H3/b6-3+/t29-/m0/s1. The third-order valence-corrected chi connectivity index (χ3v) is 7.39. The van der Waals surface area contributed by atoms with Crippen LogP contribution in [0.4, 0.5) is 5.69 Å². The Balaban J connectivity index is 1.79. The van der Waals surface area contributed by atoms with Gasteiger partial charge < -0.3 is 24.4 Å². The van der Waals surface area contributed by atoms with Gasteiger partial charge in [0.2, 0.25) is 5.91 Å². The van der Waals surface area contributed by atoms with Gasteiger partial charge in [0.15, 0.2) is 5.60 Å². The molecule has 0 radical (unpaired) electrons. The molecule has 1 amide bonds. The van der Waals surface area contributed by atoms with Crippen molar-refractivity contribution in [1.82, 2.24) is 4.90 Å². The van der Waals surface area contributed by atoms with Gasteiger partial charge in [0.1, 0.15) is 12.4 Å². The van der Waals surface area contributed by atoms with Crippen molar-refractivity contribution in [2.24, 2.45) is 0 Å². The van der Waals surface area contributed by atoms with Gasteiger partial charge in [-0.25, -0.2) is 4.79 Å². The molecule has 7 nitrogen and oxygen atoms in total. The molecular weight excluding hydrogens is 492 g/mol. The number of carbonyl (C=O) groups excluding carboxylic acids is 2. The highest BCUT2D eigenvalue weighted by Crippen LogP contribution is 2.37. The molecule has 2 bridgehead atoms. The molecule has 0 saturated carbocycles. The minimum absolute atomic E-state index is 0.308. The fourth-order valence-electron chi connectivity index (χ4n) is 4.91. The van der Waals surface area contributed by atoms with E-state index in [-0.39, 0.29) is 5.91 Å². The van der Waals surface area contributed by atoms with Crippen molar-refractivity contribution in [3.63, 3.8) is 0 Å². The van der Waals surface area contributed by atoms with Crippen LogP contribution < -0.4 is 9.64 Å². The van der Waals surface area contributed by atoms with Crippen LogP contribution in [0.15, 0.2) is 48.6 Å². The van der Waals surface area contributed by atoms with Crippen LogP contribution in [0.3, 0.4) is 0 Å². The zero-order valence-corrected chi connectivity index (χ0v) is 22.3. The third-order valence-electron chi connectivity index (χ3n) is 7.15. The Bertz CT molecular complexity index is 1170. The topological polar surface area (TPSA) is 79.3 Å². The van der Waals surface area contributed by atoms with Crippen molar-refractivity contribution in [2.75, 3.05) is 38.7 Å². The zero-order chi connectivity index (χ0) is 26.4. The van der Waals surface area contributed by atoms with Gasteiger partial charge in [-0.2, -0.15) is 0 Å². The number of likely N-dealkylation sites (N-methyl/N-ethyl adjacent to an activating group) is 1. The number of aliphatic hydroxyl groups is 1. The lowest BCUT2D eigenvalue weighted by Crippen LogP contribution is -2.42. The smallest absolute Gasteiger partial charge is 0.343 e. The summed E-state index contributed by atoms with van der Waals surface area (Å²) in [5.74, 6) is -0.564. The van der Waals surface area contributed by atoms with Gasteiger partial charge >= 0.3 is 5.97 Å². The Morgan fingerprint density at radius 1 is 1.08 bits per heavy atom. The van der Waals surface area contributed by atoms with Crippen LogP contribution in [0, 0.1) is 0 Å². The zero-order valence-electron chi connectivity index (χ0n) is 21.5. The fourth-order valence-corrected chi connectivity index (χ4v) is 5.10. The molecule has 1 N–H and O–H groups in total. The molecule has 0 fully saturated rings. The van der Waals surface area contributed by atoms with Crippen molar-refractivity contribution in [2.45, 2.75) is 50.7 Å². The normalized spacial score (nSPS) is 22.1. The number of halogens is 1. The van der Waals surface area contributed by atoms with Gasteiger partial charge in [0.25, 0.3) is 0 Å². The van der Waals surface area contributed by atoms with E-state index in [1.54, 1.807) is 25.2 Å². The highest BCUT2D eigenvalue weighted by molar-refractivity contribution is 6.30. The molecule has 0 saturated heterocycles. The predicted octanol–water partition coefficient (Wildman–Crippen LogP) is 4.62. The number of aryl methyl sites for hydroxylation is 1. The molecule has 1 atom stereocenters. The molecule has 2 aliphatic rings. The molecule has 0 spiro atoms. The minimum atomic E-state index is -2.12. The number of fused-ring (bicyclic) bond motifs is 2. The van der Waals surface area contributed by atoms with E-state index in [9.17, 15) is 14.7 Å². The minimum Gasteiger partial charge on any atom is -0.487 e. The van der Waals surface area contributed by atoms with Crippen molar-refractivity contribution < 1.29 is 24.2 Å².